The first kappa shape index (κ1) is 17.8. The lowest BCUT2D eigenvalue weighted by Gasteiger charge is -2.31. The van der Waals surface area contributed by atoms with Gasteiger partial charge in [0.15, 0.2) is 0 Å². The maximum atomic E-state index is 9.52. The van der Waals surface area contributed by atoms with Crippen LogP contribution in [0.15, 0.2) is 24.3 Å². The Labute approximate surface area is 132 Å². The van der Waals surface area contributed by atoms with Crippen molar-refractivity contribution < 1.29 is 5.11 Å². The lowest BCUT2D eigenvalue weighted by Crippen LogP contribution is -2.49. The monoisotopic (exact) mass is 315 g/mol. The van der Waals surface area contributed by atoms with Gasteiger partial charge in [0, 0.05) is 22.4 Å². The fraction of sp³-hybridized carbons (Fsp3) is 0.625. The van der Waals surface area contributed by atoms with Gasteiger partial charge in [-0.1, -0.05) is 43.6 Å². The molecule has 0 aliphatic carbocycles. The number of benzene rings is 1. The number of aliphatic hydroxyl groups is 1. The summed E-state index contributed by atoms with van der Waals surface area (Å²) in [6, 6.07) is 8.39. The van der Waals surface area contributed by atoms with Crippen molar-refractivity contribution in [3.05, 3.63) is 34.9 Å². The third kappa shape index (κ3) is 6.49. The molecule has 0 radical (unpaired) electrons. The zero-order valence-electron chi connectivity index (χ0n) is 12.7. The summed E-state index contributed by atoms with van der Waals surface area (Å²) in [7, 11) is 0. The van der Waals surface area contributed by atoms with Gasteiger partial charge in [0.05, 0.1) is 6.61 Å². The van der Waals surface area contributed by atoms with Crippen LogP contribution in [0, 0.1) is 0 Å². The maximum Gasteiger partial charge on any atom is 0.0610 e. The van der Waals surface area contributed by atoms with Crippen molar-refractivity contribution in [2.75, 3.05) is 12.4 Å². The molecular weight excluding hydrogens is 290 g/mol. The fourth-order valence-corrected chi connectivity index (χ4v) is 3.50. The predicted molar refractivity (Wildman–Crippen MR) is 90.6 cm³/mol. The van der Waals surface area contributed by atoms with Gasteiger partial charge in [-0.25, -0.2) is 0 Å². The van der Waals surface area contributed by atoms with Crippen LogP contribution in [0.4, 0.5) is 0 Å². The van der Waals surface area contributed by atoms with E-state index in [1.165, 1.54) is 5.56 Å². The Balaban J connectivity index is 2.26. The molecule has 1 unspecified atom stereocenters. The van der Waals surface area contributed by atoms with Crippen LogP contribution in [0.2, 0.25) is 5.02 Å². The number of thioether (sulfide) groups is 1. The molecule has 0 aromatic heterocycles. The van der Waals surface area contributed by atoms with Crippen molar-refractivity contribution in [1.29, 1.82) is 0 Å². The van der Waals surface area contributed by atoms with Crippen LogP contribution < -0.4 is 5.32 Å². The lowest BCUT2D eigenvalue weighted by molar-refractivity contribution is 0.156. The van der Waals surface area contributed by atoms with E-state index in [4.69, 9.17) is 11.6 Å². The molecule has 4 heteroatoms. The normalized spacial score (nSPS) is 14.5. The van der Waals surface area contributed by atoms with Crippen LogP contribution in [0.3, 0.4) is 0 Å². The second kappa shape index (κ2) is 8.93. The molecule has 0 aliphatic heterocycles. The van der Waals surface area contributed by atoms with Gasteiger partial charge in [-0.2, -0.15) is 11.8 Å². The summed E-state index contributed by atoms with van der Waals surface area (Å²) in [6.45, 7) is 6.49. The molecule has 1 atom stereocenters. The Morgan fingerprint density at radius 2 is 2.05 bits per heavy atom. The molecule has 1 aromatic rings. The smallest absolute Gasteiger partial charge is 0.0610 e. The minimum atomic E-state index is -0.168. The average Bonchev–Trinajstić information content (AvgIpc) is 2.39. The van der Waals surface area contributed by atoms with Gasteiger partial charge in [0.2, 0.25) is 0 Å². The van der Waals surface area contributed by atoms with E-state index in [2.05, 4.69) is 32.2 Å². The highest BCUT2D eigenvalue weighted by molar-refractivity contribution is 7.98. The summed E-state index contributed by atoms with van der Waals surface area (Å²) in [6.07, 6.45) is 2.07. The van der Waals surface area contributed by atoms with E-state index in [1.807, 2.05) is 30.0 Å². The summed E-state index contributed by atoms with van der Waals surface area (Å²) >= 11 is 8.03. The second-order valence-corrected chi connectivity index (χ2v) is 7.28. The first-order chi connectivity index (χ1) is 9.47. The van der Waals surface area contributed by atoms with Crippen LogP contribution in [0.1, 0.15) is 39.2 Å². The molecule has 0 aliphatic rings. The highest BCUT2D eigenvalue weighted by Crippen LogP contribution is 2.22. The Hall–Kier alpha value is -0.220. The molecule has 0 saturated carbocycles. The third-order valence-corrected chi connectivity index (χ3v) is 4.68. The van der Waals surface area contributed by atoms with Crippen LogP contribution in [-0.2, 0) is 5.75 Å². The largest absolute Gasteiger partial charge is 0.394 e. The van der Waals surface area contributed by atoms with Crippen molar-refractivity contribution in [3.8, 4) is 0 Å². The van der Waals surface area contributed by atoms with Gasteiger partial charge < -0.3 is 10.4 Å². The minimum Gasteiger partial charge on any atom is -0.394 e. The third-order valence-electron chi connectivity index (χ3n) is 3.22. The summed E-state index contributed by atoms with van der Waals surface area (Å²) < 4.78 is 0. The van der Waals surface area contributed by atoms with Crippen LogP contribution in [-0.4, -0.2) is 29.0 Å². The summed E-state index contributed by atoms with van der Waals surface area (Å²) in [5.74, 6) is 2.04. The fourth-order valence-electron chi connectivity index (χ4n) is 2.26. The van der Waals surface area contributed by atoms with Crippen molar-refractivity contribution in [3.63, 3.8) is 0 Å². The molecule has 1 aromatic carbocycles. The number of nitrogens with one attached hydrogen (secondary N) is 1. The number of hydrogen-bond donors (Lipinski definition) is 2. The van der Waals surface area contributed by atoms with E-state index in [-0.39, 0.29) is 12.1 Å². The predicted octanol–water partition coefficient (Wildman–Crippen LogP) is 4.10. The molecule has 0 bridgehead atoms. The van der Waals surface area contributed by atoms with Gasteiger partial charge in [0.25, 0.3) is 0 Å². The van der Waals surface area contributed by atoms with E-state index < -0.39 is 0 Å². The lowest BCUT2D eigenvalue weighted by atomic mass is 9.96. The molecule has 0 spiro atoms. The molecule has 114 valence electrons. The van der Waals surface area contributed by atoms with E-state index >= 15 is 0 Å². The van der Waals surface area contributed by atoms with Gasteiger partial charge in [-0.05, 0) is 37.1 Å². The summed E-state index contributed by atoms with van der Waals surface area (Å²) in [5.41, 5.74) is 1.03. The number of hydrogen-bond acceptors (Lipinski definition) is 3. The van der Waals surface area contributed by atoms with Crippen molar-refractivity contribution in [2.45, 2.75) is 50.9 Å². The van der Waals surface area contributed by atoms with Crippen molar-refractivity contribution >= 4 is 23.4 Å². The molecule has 20 heavy (non-hydrogen) atoms. The highest BCUT2D eigenvalue weighted by atomic mass is 35.5. The Kier molecular flexibility index (Phi) is 7.96. The first-order valence-electron chi connectivity index (χ1n) is 7.16. The van der Waals surface area contributed by atoms with Gasteiger partial charge in [-0.15, -0.1) is 0 Å². The number of aliphatic hydroxyl groups excluding tert-OH is 1. The topological polar surface area (TPSA) is 32.3 Å². The van der Waals surface area contributed by atoms with Gasteiger partial charge in [0.1, 0.15) is 0 Å². The molecule has 2 N–H and O–H groups in total. The molecule has 2 nitrogen and oxygen atoms in total. The first-order valence-corrected chi connectivity index (χ1v) is 8.70. The Morgan fingerprint density at radius 3 is 2.65 bits per heavy atom. The molecule has 0 saturated heterocycles. The van der Waals surface area contributed by atoms with Crippen LogP contribution in [0.5, 0.6) is 0 Å². The molecular formula is C16H26ClNOS. The molecule has 0 heterocycles. The van der Waals surface area contributed by atoms with Gasteiger partial charge >= 0.3 is 0 Å². The standard InChI is InChI=1S/C16H26ClNOS/c1-13(2)18-16(3,12-19)9-6-10-20-11-14-7-4-5-8-15(14)17/h4-5,7-8,13,18-19H,6,9-12H2,1-3H3. The zero-order chi connectivity index (χ0) is 15.0. The number of halogens is 1. The molecule has 0 fully saturated rings. The quantitative estimate of drug-likeness (QED) is 0.673. The maximum absolute atomic E-state index is 9.52. The van der Waals surface area contributed by atoms with Crippen LogP contribution in [0.25, 0.3) is 0 Å². The van der Waals surface area contributed by atoms with E-state index in [0.717, 1.165) is 29.4 Å². The summed E-state index contributed by atoms with van der Waals surface area (Å²) in [5, 5.41) is 13.8. The molecule has 1 rings (SSSR count). The Morgan fingerprint density at radius 1 is 1.35 bits per heavy atom. The zero-order valence-corrected chi connectivity index (χ0v) is 14.2. The number of rotatable bonds is 9. The van der Waals surface area contributed by atoms with E-state index in [9.17, 15) is 5.11 Å². The van der Waals surface area contributed by atoms with Crippen LogP contribution >= 0.6 is 23.4 Å². The SMILES string of the molecule is CC(C)NC(C)(CO)CCCSCc1ccccc1Cl. The van der Waals surface area contributed by atoms with E-state index in [1.54, 1.807) is 0 Å². The minimum absolute atomic E-state index is 0.168. The summed E-state index contributed by atoms with van der Waals surface area (Å²) in [4.78, 5) is 0. The Bertz CT molecular complexity index is 400. The molecule has 0 amide bonds. The average molecular weight is 316 g/mol. The van der Waals surface area contributed by atoms with Gasteiger partial charge in [-0.3, -0.25) is 0 Å². The van der Waals surface area contributed by atoms with E-state index in [0.29, 0.717) is 6.04 Å². The van der Waals surface area contributed by atoms with Crippen molar-refractivity contribution in [1.82, 2.24) is 5.32 Å². The second-order valence-electron chi connectivity index (χ2n) is 5.77. The van der Waals surface area contributed by atoms with Crippen molar-refractivity contribution in [2.24, 2.45) is 0 Å². The highest BCUT2D eigenvalue weighted by Gasteiger charge is 2.22.